The van der Waals surface area contributed by atoms with E-state index < -0.39 is 18.7 Å². The summed E-state index contributed by atoms with van der Waals surface area (Å²) in [5.74, 6) is -1.36. The van der Waals surface area contributed by atoms with Crippen molar-refractivity contribution in [3.8, 4) is 11.5 Å². The third-order valence-electron chi connectivity index (χ3n) is 4.12. The molecule has 3 aromatic rings. The van der Waals surface area contributed by atoms with E-state index in [4.69, 9.17) is 37.8 Å². The Bertz CT molecular complexity index is 1040. The van der Waals surface area contributed by atoms with Crippen LogP contribution in [0.1, 0.15) is 18.1 Å². The van der Waals surface area contributed by atoms with Crippen molar-refractivity contribution in [2.75, 3.05) is 0 Å². The summed E-state index contributed by atoms with van der Waals surface area (Å²) >= 11 is 12.1. The Kier molecular flexibility index (Phi) is 6.39. The van der Waals surface area contributed by atoms with Gasteiger partial charge in [0.25, 0.3) is 0 Å². The molecule has 1 unspecified atom stereocenters. The molecule has 0 saturated heterocycles. The molecule has 0 amide bonds. The number of benzene rings is 2. The van der Waals surface area contributed by atoms with Crippen LogP contribution in [0.25, 0.3) is 10.9 Å². The molecule has 0 aliphatic heterocycles. The molecule has 2 aromatic carbocycles. The molecule has 3 rings (SSSR count). The number of nitrogens with zero attached hydrogens (tertiary/aromatic N) is 1. The van der Waals surface area contributed by atoms with Gasteiger partial charge in [0.1, 0.15) is 11.5 Å². The zero-order valence-electron chi connectivity index (χ0n) is 15.0. The van der Waals surface area contributed by atoms with Crippen LogP contribution >= 0.6 is 23.2 Å². The second kappa shape index (κ2) is 8.80. The Balaban J connectivity index is 2.18. The van der Waals surface area contributed by atoms with Gasteiger partial charge in [0, 0.05) is 23.2 Å². The van der Waals surface area contributed by atoms with Crippen LogP contribution in [-0.2, 0) is 11.2 Å². The van der Waals surface area contributed by atoms with E-state index in [1.807, 2.05) is 0 Å². The van der Waals surface area contributed by atoms with Gasteiger partial charge < -0.3 is 14.6 Å². The number of carboxylic acid groups (broad SMARTS) is 1. The molecule has 1 atom stereocenters. The molecule has 0 fully saturated rings. The summed E-state index contributed by atoms with van der Waals surface area (Å²) in [6.45, 7) is -1.80. The van der Waals surface area contributed by atoms with Gasteiger partial charge in [-0.05, 0) is 36.8 Å². The minimum absolute atomic E-state index is 0.0282. The number of ether oxygens (including phenoxy) is 2. The molecule has 1 aromatic heterocycles. The summed E-state index contributed by atoms with van der Waals surface area (Å²) in [5.41, 5.74) is 1.31. The molecule has 1 heterocycles. The van der Waals surface area contributed by atoms with Gasteiger partial charge in [0.05, 0.1) is 15.9 Å². The lowest BCUT2D eigenvalue weighted by Gasteiger charge is -2.18. The number of carboxylic acids is 1. The van der Waals surface area contributed by atoms with Crippen molar-refractivity contribution < 1.29 is 28.2 Å². The first kappa shape index (κ1) is 21.1. The van der Waals surface area contributed by atoms with Crippen molar-refractivity contribution in [1.29, 1.82) is 0 Å². The van der Waals surface area contributed by atoms with Gasteiger partial charge in [-0.1, -0.05) is 35.3 Å². The Morgan fingerprint density at radius 1 is 1.14 bits per heavy atom. The molecule has 5 nitrogen and oxygen atoms in total. The largest absolute Gasteiger partial charge is 0.479 e. The minimum atomic E-state index is -3.12. The average molecular weight is 442 g/mol. The first-order valence-corrected chi connectivity index (χ1v) is 9.20. The van der Waals surface area contributed by atoms with Gasteiger partial charge in [-0.3, -0.25) is 4.98 Å². The minimum Gasteiger partial charge on any atom is -0.479 e. The van der Waals surface area contributed by atoms with Crippen molar-refractivity contribution in [3.05, 3.63) is 63.8 Å². The lowest BCUT2D eigenvalue weighted by atomic mass is 10.0. The summed E-state index contributed by atoms with van der Waals surface area (Å²) in [6, 6.07) is 9.71. The zero-order valence-corrected chi connectivity index (χ0v) is 16.5. The normalized spacial score (nSPS) is 12.2. The van der Waals surface area contributed by atoms with E-state index in [-0.39, 0.29) is 33.8 Å². The molecule has 152 valence electrons. The highest BCUT2D eigenvalue weighted by molar-refractivity contribution is 6.35. The number of alkyl halides is 2. The molecule has 29 heavy (non-hydrogen) atoms. The fourth-order valence-electron chi connectivity index (χ4n) is 2.77. The van der Waals surface area contributed by atoms with E-state index in [1.54, 1.807) is 24.3 Å². The number of aromatic nitrogens is 1. The van der Waals surface area contributed by atoms with Gasteiger partial charge in [0.15, 0.2) is 6.10 Å². The maximum absolute atomic E-state index is 13.2. The van der Waals surface area contributed by atoms with Crippen LogP contribution in [-0.4, -0.2) is 28.8 Å². The average Bonchev–Trinajstić information content (AvgIpc) is 2.66. The van der Waals surface area contributed by atoms with Crippen LogP contribution in [0.15, 0.2) is 42.6 Å². The summed E-state index contributed by atoms with van der Waals surface area (Å²) in [4.78, 5) is 15.4. The Morgan fingerprint density at radius 3 is 2.45 bits per heavy atom. The Hall–Kier alpha value is -2.64. The number of aliphatic carboxylic acids is 1. The number of pyridine rings is 1. The SMILES string of the molecule is CC(Oc1ccc(Cl)c2ncc(Cc3ccc(Cl)cc3)c(OC(F)F)c12)C(=O)O. The lowest BCUT2D eigenvalue weighted by Crippen LogP contribution is -2.23. The molecule has 0 spiro atoms. The van der Waals surface area contributed by atoms with E-state index >= 15 is 0 Å². The van der Waals surface area contributed by atoms with Crippen molar-refractivity contribution in [1.82, 2.24) is 4.98 Å². The van der Waals surface area contributed by atoms with Gasteiger partial charge in [-0.15, -0.1) is 0 Å². The Morgan fingerprint density at radius 2 is 1.83 bits per heavy atom. The smallest absolute Gasteiger partial charge is 0.387 e. The molecule has 9 heteroatoms. The topological polar surface area (TPSA) is 68.7 Å². The van der Waals surface area contributed by atoms with Crippen LogP contribution in [0.2, 0.25) is 10.0 Å². The van der Waals surface area contributed by atoms with Crippen molar-refractivity contribution >= 4 is 40.1 Å². The zero-order chi connectivity index (χ0) is 21.1. The van der Waals surface area contributed by atoms with E-state index in [2.05, 4.69) is 4.98 Å². The Labute approximate surface area is 174 Å². The molecule has 0 aliphatic carbocycles. The third kappa shape index (κ3) is 4.86. The van der Waals surface area contributed by atoms with E-state index in [9.17, 15) is 13.6 Å². The van der Waals surface area contributed by atoms with Gasteiger partial charge in [-0.25, -0.2) is 4.79 Å². The monoisotopic (exact) mass is 441 g/mol. The van der Waals surface area contributed by atoms with Gasteiger partial charge in [0.2, 0.25) is 0 Å². The van der Waals surface area contributed by atoms with Gasteiger partial charge in [-0.2, -0.15) is 8.78 Å². The van der Waals surface area contributed by atoms with Gasteiger partial charge >= 0.3 is 12.6 Å². The molecule has 1 N–H and O–H groups in total. The van der Waals surface area contributed by atoms with E-state index in [0.717, 1.165) is 5.56 Å². The molecule has 0 aliphatic rings. The van der Waals surface area contributed by atoms with Crippen molar-refractivity contribution in [2.24, 2.45) is 0 Å². The lowest BCUT2D eigenvalue weighted by molar-refractivity contribution is -0.144. The maximum atomic E-state index is 13.2. The first-order chi connectivity index (χ1) is 13.8. The molecule has 0 saturated carbocycles. The van der Waals surface area contributed by atoms with Crippen LogP contribution < -0.4 is 9.47 Å². The highest BCUT2D eigenvalue weighted by Crippen LogP contribution is 2.40. The van der Waals surface area contributed by atoms with Crippen LogP contribution in [0.4, 0.5) is 8.78 Å². The summed E-state index contributed by atoms with van der Waals surface area (Å²) in [6.07, 6.45) is 0.395. The standard InChI is InChI=1S/C20H15Cl2F2NO4/c1-10(19(26)27)28-15-7-6-14(22)17-16(15)18(29-20(23)24)12(9-25-17)8-11-2-4-13(21)5-3-11/h2-7,9-10,20H,8H2,1H3,(H,26,27). The van der Waals surface area contributed by atoms with Crippen molar-refractivity contribution in [2.45, 2.75) is 26.1 Å². The van der Waals surface area contributed by atoms with E-state index in [0.29, 0.717) is 10.6 Å². The number of halogens is 4. The summed E-state index contributed by atoms with van der Waals surface area (Å²) < 4.78 is 36.7. The van der Waals surface area contributed by atoms with Crippen molar-refractivity contribution in [3.63, 3.8) is 0 Å². The van der Waals surface area contributed by atoms with Crippen LogP contribution in [0.5, 0.6) is 11.5 Å². The van der Waals surface area contributed by atoms with Crippen LogP contribution in [0.3, 0.4) is 0 Å². The summed E-state index contributed by atoms with van der Waals surface area (Å²) in [5, 5.41) is 9.94. The fraction of sp³-hybridized carbons (Fsp3) is 0.200. The fourth-order valence-corrected chi connectivity index (χ4v) is 3.10. The highest BCUT2D eigenvalue weighted by Gasteiger charge is 2.22. The predicted molar refractivity (Wildman–Crippen MR) is 105 cm³/mol. The highest BCUT2D eigenvalue weighted by atomic mass is 35.5. The quantitative estimate of drug-likeness (QED) is 0.517. The van der Waals surface area contributed by atoms with Crippen LogP contribution in [0, 0.1) is 0 Å². The molecular weight excluding hydrogens is 427 g/mol. The summed E-state index contributed by atoms with van der Waals surface area (Å²) in [7, 11) is 0. The first-order valence-electron chi connectivity index (χ1n) is 8.45. The number of carbonyl (C=O) groups is 1. The number of hydrogen-bond acceptors (Lipinski definition) is 4. The molecule has 0 radical (unpaired) electrons. The second-order valence-corrected chi connectivity index (χ2v) is 7.01. The third-order valence-corrected chi connectivity index (χ3v) is 4.68. The van der Waals surface area contributed by atoms with E-state index in [1.165, 1.54) is 25.3 Å². The second-order valence-electron chi connectivity index (χ2n) is 6.16. The number of fused-ring (bicyclic) bond motifs is 1. The predicted octanol–water partition coefficient (Wildman–Crippen LogP) is 5.59. The number of rotatable bonds is 7. The number of hydrogen-bond donors (Lipinski definition) is 1. The molecule has 0 bridgehead atoms. The molecular formula is C20H15Cl2F2NO4. The maximum Gasteiger partial charge on any atom is 0.387 e.